The zero-order valence-corrected chi connectivity index (χ0v) is 13.6. The summed E-state index contributed by atoms with van der Waals surface area (Å²) in [6.07, 6.45) is 1.83. The number of carbonyl (C=O) groups is 2. The number of carbonyl (C=O) groups excluding carboxylic acids is 2. The molecule has 0 aliphatic carbocycles. The molecule has 0 fully saturated rings. The average molecular weight is 301 g/mol. The van der Waals surface area contributed by atoms with E-state index in [9.17, 15) is 9.59 Å². The van der Waals surface area contributed by atoms with Gasteiger partial charge in [0.15, 0.2) is 0 Å². The van der Waals surface area contributed by atoms with Gasteiger partial charge >= 0.3 is 0 Å². The molecule has 1 aromatic carbocycles. The van der Waals surface area contributed by atoms with Gasteiger partial charge in [0.1, 0.15) is 0 Å². The maximum absolute atomic E-state index is 12.3. The molecule has 2 aromatic rings. The summed E-state index contributed by atoms with van der Waals surface area (Å²) >= 11 is 0. The molecular weight excluding hydrogens is 278 g/mol. The van der Waals surface area contributed by atoms with Crippen molar-refractivity contribution in [1.82, 2.24) is 15.2 Å². The van der Waals surface area contributed by atoms with Crippen molar-refractivity contribution in [2.24, 2.45) is 12.5 Å². The zero-order valence-electron chi connectivity index (χ0n) is 13.6. The Morgan fingerprint density at radius 2 is 1.73 bits per heavy atom. The minimum absolute atomic E-state index is 0.0214. The number of hydrogen-bond donors (Lipinski definition) is 2. The van der Waals surface area contributed by atoms with Crippen LogP contribution in [0.2, 0.25) is 0 Å². The Morgan fingerprint density at radius 3 is 2.41 bits per heavy atom. The Bertz CT molecular complexity index is 695. The van der Waals surface area contributed by atoms with Crippen molar-refractivity contribution in [3.05, 3.63) is 36.0 Å². The first-order valence-corrected chi connectivity index (χ1v) is 7.41. The monoisotopic (exact) mass is 301 g/mol. The molecule has 0 aliphatic heterocycles. The van der Waals surface area contributed by atoms with Crippen LogP contribution in [0, 0.1) is 5.41 Å². The second kappa shape index (κ2) is 6.22. The molecule has 1 heterocycles. The van der Waals surface area contributed by atoms with Gasteiger partial charge in [0.2, 0.25) is 5.91 Å². The minimum Gasteiger partial charge on any atom is -0.354 e. The van der Waals surface area contributed by atoms with E-state index in [-0.39, 0.29) is 11.8 Å². The lowest BCUT2D eigenvalue weighted by Crippen LogP contribution is -2.39. The summed E-state index contributed by atoms with van der Waals surface area (Å²) < 4.78 is 1.94. The lowest BCUT2D eigenvalue weighted by Gasteiger charge is -2.17. The molecule has 0 saturated carbocycles. The predicted molar refractivity (Wildman–Crippen MR) is 87.7 cm³/mol. The fraction of sp³-hybridized carbons (Fsp3) is 0.412. The van der Waals surface area contributed by atoms with E-state index in [1.807, 2.05) is 62.8 Å². The van der Waals surface area contributed by atoms with Crippen LogP contribution in [0.15, 0.2) is 30.5 Å². The molecule has 0 unspecified atom stereocenters. The van der Waals surface area contributed by atoms with Crippen LogP contribution in [0.4, 0.5) is 0 Å². The molecule has 0 saturated heterocycles. The van der Waals surface area contributed by atoms with E-state index in [1.165, 1.54) is 0 Å². The smallest absolute Gasteiger partial charge is 0.253 e. The Kier molecular flexibility index (Phi) is 4.54. The van der Waals surface area contributed by atoms with Gasteiger partial charge < -0.3 is 15.2 Å². The summed E-state index contributed by atoms with van der Waals surface area (Å²) in [5.41, 5.74) is 1.26. The number of nitrogens with one attached hydrogen (secondary N) is 2. The fourth-order valence-corrected chi connectivity index (χ4v) is 2.24. The van der Waals surface area contributed by atoms with Crippen molar-refractivity contribution in [3.63, 3.8) is 0 Å². The van der Waals surface area contributed by atoms with E-state index in [4.69, 9.17) is 0 Å². The standard InChI is InChI=1S/C17H23N3O2/c1-17(2,3)16(22)19-10-9-18-15(21)13-11-20(4)14-8-6-5-7-12(13)14/h5-8,11H,9-10H2,1-4H3,(H,18,21)(H,19,22). The molecule has 2 rings (SSSR count). The second-order valence-corrected chi connectivity index (χ2v) is 6.43. The molecule has 22 heavy (non-hydrogen) atoms. The lowest BCUT2D eigenvalue weighted by molar-refractivity contribution is -0.128. The predicted octanol–water partition coefficient (Wildman–Crippen LogP) is 2.07. The topological polar surface area (TPSA) is 63.1 Å². The normalized spacial score (nSPS) is 11.5. The number of aryl methyl sites for hydroxylation is 1. The molecule has 5 nitrogen and oxygen atoms in total. The van der Waals surface area contributed by atoms with Crippen molar-refractivity contribution in [2.45, 2.75) is 20.8 Å². The molecular formula is C17H23N3O2. The van der Waals surface area contributed by atoms with Crippen molar-refractivity contribution in [3.8, 4) is 0 Å². The number of fused-ring (bicyclic) bond motifs is 1. The summed E-state index contributed by atoms with van der Waals surface area (Å²) in [6.45, 7) is 6.40. The number of benzene rings is 1. The second-order valence-electron chi connectivity index (χ2n) is 6.43. The van der Waals surface area contributed by atoms with E-state index in [1.54, 1.807) is 0 Å². The van der Waals surface area contributed by atoms with Crippen LogP contribution in [0.25, 0.3) is 10.9 Å². The first-order chi connectivity index (χ1) is 10.3. The maximum atomic E-state index is 12.3. The van der Waals surface area contributed by atoms with Crippen LogP contribution >= 0.6 is 0 Å². The van der Waals surface area contributed by atoms with Crippen molar-refractivity contribution in [1.29, 1.82) is 0 Å². The third-order valence-electron chi connectivity index (χ3n) is 3.52. The number of aromatic nitrogens is 1. The van der Waals surface area contributed by atoms with Crippen molar-refractivity contribution >= 4 is 22.7 Å². The Labute approximate surface area is 130 Å². The van der Waals surface area contributed by atoms with Crippen LogP contribution in [0.1, 0.15) is 31.1 Å². The van der Waals surface area contributed by atoms with Gasteiger partial charge in [0, 0.05) is 42.7 Å². The third kappa shape index (κ3) is 3.47. The van der Waals surface area contributed by atoms with E-state index in [2.05, 4.69) is 10.6 Å². The third-order valence-corrected chi connectivity index (χ3v) is 3.52. The van der Waals surface area contributed by atoms with Crippen LogP contribution in [-0.2, 0) is 11.8 Å². The SMILES string of the molecule is Cn1cc(C(=O)NCCNC(=O)C(C)(C)C)c2ccccc21. The highest BCUT2D eigenvalue weighted by atomic mass is 16.2. The molecule has 2 N–H and O–H groups in total. The van der Waals surface area contributed by atoms with Gasteiger partial charge in [-0.3, -0.25) is 9.59 Å². The number of amides is 2. The molecule has 0 spiro atoms. The first-order valence-electron chi connectivity index (χ1n) is 7.41. The highest BCUT2D eigenvalue weighted by molar-refractivity contribution is 6.06. The van der Waals surface area contributed by atoms with Gasteiger partial charge in [-0.1, -0.05) is 39.0 Å². The van der Waals surface area contributed by atoms with Crippen LogP contribution in [0.3, 0.4) is 0 Å². The van der Waals surface area contributed by atoms with Crippen LogP contribution in [-0.4, -0.2) is 29.5 Å². The summed E-state index contributed by atoms with van der Waals surface area (Å²) in [7, 11) is 1.92. The van der Waals surface area contributed by atoms with Gasteiger partial charge in [-0.05, 0) is 6.07 Å². The summed E-state index contributed by atoms with van der Waals surface area (Å²) in [5, 5.41) is 6.59. The highest BCUT2D eigenvalue weighted by Crippen LogP contribution is 2.19. The fourth-order valence-electron chi connectivity index (χ4n) is 2.24. The maximum Gasteiger partial charge on any atom is 0.253 e. The van der Waals surface area contributed by atoms with E-state index in [0.717, 1.165) is 10.9 Å². The number of rotatable bonds is 4. The van der Waals surface area contributed by atoms with Gasteiger partial charge in [-0.2, -0.15) is 0 Å². The number of nitrogens with zero attached hydrogens (tertiary/aromatic N) is 1. The Morgan fingerprint density at radius 1 is 1.09 bits per heavy atom. The summed E-state index contributed by atoms with van der Waals surface area (Å²) in [5.74, 6) is -0.145. The van der Waals surface area contributed by atoms with Gasteiger partial charge in [-0.25, -0.2) is 0 Å². The zero-order chi connectivity index (χ0) is 16.3. The Hall–Kier alpha value is -2.30. The van der Waals surface area contributed by atoms with E-state index < -0.39 is 5.41 Å². The number of para-hydroxylation sites is 1. The average Bonchev–Trinajstić information content (AvgIpc) is 2.80. The largest absolute Gasteiger partial charge is 0.354 e. The summed E-state index contributed by atoms with van der Waals surface area (Å²) in [6, 6.07) is 7.79. The Balaban J connectivity index is 1.94. The highest BCUT2D eigenvalue weighted by Gasteiger charge is 2.20. The molecule has 1 aromatic heterocycles. The molecule has 0 atom stereocenters. The number of hydrogen-bond acceptors (Lipinski definition) is 2. The van der Waals surface area contributed by atoms with Gasteiger partial charge in [-0.15, -0.1) is 0 Å². The van der Waals surface area contributed by atoms with Crippen molar-refractivity contribution in [2.75, 3.05) is 13.1 Å². The lowest BCUT2D eigenvalue weighted by atomic mass is 9.96. The molecule has 5 heteroatoms. The van der Waals surface area contributed by atoms with Crippen molar-refractivity contribution < 1.29 is 9.59 Å². The van der Waals surface area contributed by atoms with E-state index in [0.29, 0.717) is 18.7 Å². The minimum atomic E-state index is -0.417. The molecule has 118 valence electrons. The van der Waals surface area contributed by atoms with Crippen LogP contribution in [0.5, 0.6) is 0 Å². The molecule has 0 bridgehead atoms. The van der Waals surface area contributed by atoms with E-state index >= 15 is 0 Å². The van der Waals surface area contributed by atoms with Gasteiger partial charge in [0.05, 0.1) is 5.56 Å². The molecule has 0 aliphatic rings. The van der Waals surface area contributed by atoms with Crippen LogP contribution < -0.4 is 10.6 Å². The molecule has 2 amide bonds. The summed E-state index contributed by atoms with van der Waals surface area (Å²) in [4.78, 5) is 24.0. The first kappa shape index (κ1) is 16.1. The quantitative estimate of drug-likeness (QED) is 0.849. The van der Waals surface area contributed by atoms with Gasteiger partial charge in [0.25, 0.3) is 5.91 Å². The molecule has 0 radical (unpaired) electrons.